The van der Waals surface area contributed by atoms with Crippen LogP contribution in [0.25, 0.3) is 0 Å². The average Bonchev–Trinajstić information content (AvgIpc) is 2.16. The molecule has 0 radical (unpaired) electrons. The molecule has 0 aliphatic heterocycles. The zero-order valence-electron chi connectivity index (χ0n) is 7.97. The van der Waals surface area contributed by atoms with Gasteiger partial charge < -0.3 is 16.8 Å². The van der Waals surface area contributed by atoms with Gasteiger partial charge in [0.25, 0.3) is 11.6 Å². The quantitative estimate of drug-likeness (QED) is 0.397. The normalized spacial score (nSPS) is 9.50. The smallest absolute Gasteiger partial charge is 0.293 e. The van der Waals surface area contributed by atoms with E-state index in [-0.39, 0.29) is 22.1 Å². The van der Waals surface area contributed by atoms with Gasteiger partial charge in [-0.05, 0) is 18.3 Å². The lowest BCUT2D eigenvalue weighted by atomic mass is 10.1. The van der Waals surface area contributed by atoms with E-state index in [0.29, 0.717) is 0 Å². The molecular formula is C8H8N4O3S. The van der Waals surface area contributed by atoms with Gasteiger partial charge in [-0.1, -0.05) is 6.07 Å². The number of nitrogens with one attached hydrogen (secondary N) is 1. The minimum absolute atomic E-state index is 0.0398. The Hall–Kier alpha value is -2.22. The van der Waals surface area contributed by atoms with E-state index < -0.39 is 10.8 Å². The number of amides is 1. The molecule has 7 nitrogen and oxygen atoms in total. The van der Waals surface area contributed by atoms with Crippen LogP contribution in [0.1, 0.15) is 10.4 Å². The summed E-state index contributed by atoms with van der Waals surface area (Å²) in [6.07, 6.45) is 0. The molecule has 0 saturated carbocycles. The highest BCUT2D eigenvalue weighted by Crippen LogP contribution is 2.27. The molecule has 0 aliphatic carbocycles. The van der Waals surface area contributed by atoms with Crippen molar-refractivity contribution in [2.24, 2.45) is 11.5 Å². The first kappa shape index (κ1) is 11.9. The number of primary amides is 1. The molecule has 0 unspecified atom stereocenters. The third-order valence-electron chi connectivity index (χ3n) is 1.75. The van der Waals surface area contributed by atoms with Crippen molar-refractivity contribution in [1.29, 1.82) is 0 Å². The van der Waals surface area contributed by atoms with Crippen molar-refractivity contribution in [3.63, 3.8) is 0 Å². The van der Waals surface area contributed by atoms with Crippen LogP contribution in [0.5, 0.6) is 0 Å². The molecule has 0 saturated heterocycles. The SMILES string of the molecule is NC(=O)c1cccc([N+](=O)[O-])c1NC(N)=S. The number of nitro benzene ring substituents is 1. The van der Waals surface area contributed by atoms with Crippen LogP contribution in [-0.2, 0) is 0 Å². The van der Waals surface area contributed by atoms with E-state index in [1.54, 1.807) is 0 Å². The number of benzene rings is 1. The Balaban J connectivity index is 3.40. The molecule has 84 valence electrons. The molecular weight excluding hydrogens is 232 g/mol. The number of hydrogen-bond acceptors (Lipinski definition) is 4. The number of carbonyl (C=O) groups is 1. The Morgan fingerprint density at radius 1 is 1.44 bits per heavy atom. The van der Waals surface area contributed by atoms with E-state index in [1.165, 1.54) is 18.2 Å². The highest BCUT2D eigenvalue weighted by atomic mass is 32.1. The first-order chi connectivity index (χ1) is 7.43. The predicted molar refractivity (Wildman–Crippen MR) is 62.0 cm³/mol. The number of rotatable bonds is 3. The van der Waals surface area contributed by atoms with E-state index in [2.05, 4.69) is 17.5 Å². The van der Waals surface area contributed by atoms with Crippen LogP contribution in [0, 0.1) is 10.1 Å². The third-order valence-corrected chi connectivity index (χ3v) is 1.85. The number of nitrogens with zero attached hydrogens (tertiary/aromatic N) is 1. The second-order valence-electron chi connectivity index (χ2n) is 2.81. The zero-order valence-corrected chi connectivity index (χ0v) is 8.78. The molecule has 1 aromatic carbocycles. The predicted octanol–water partition coefficient (Wildman–Crippen LogP) is 0.349. The molecule has 0 heterocycles. The number of anilines is 1. The van der Waals surface area contributed by atoms with Crippen LogP contribution in [0.15, 0.2) is 18.2 Å². The van der Waals surface area contributed by atoms with E-state index in [9.17, 15) is 14.9 Å². The molecule has 16 heavy (non-hydrogen) atoms. The number of carbonyl (C=O) groups excluding carboxylic acids is 1. The Labute approximate surface area is 95.6 Å². The maximum absolute atomic E-state index is 11.1. The Kier molecular flexibility index (Phi) is 3.36. The molecule has 0 spiro atoms. The Bertz CT molecular complexity index is 442. The number of nitrogens with two attached hydrogens (primary N) is 2. The van der Waals surface area contributed by atoms with Gasteiger partial charge in [-0.15, -0.1) is 0 Å². The van der Waals surface area contributed by atoms with Crippen molar-refractivity contribution in [2.45, 2.75) is 0 Å². The summed E-state index contributed by atoms with van der Waals surface area (Å²) in [5.74, 6) is -0.803. The number of thiocarbonyl (C=S) groups is 1. The first-order valence-corrected chi connectivity index (χ1v) is 4.48. The van der Waals surface area contributed by atoms with Crippen molar-refractivity contribution in [1.82, 2.24) is 0 Å². The molecule has 1 aromatic rings. The summed E-state index contributed by atoms with van der Waals surface area (Å²) < 4.78 is 0. The molecule has 0 atom stereocenters. The lowest BCUT2D eigenvalue weighted by Crippen LogP contribution is -2.23. The monoisotopic (exact) mass is 240 g/mol. The highest BCUT2D eigenvalue weighted by Gasteiger charge is 2.20. The van der Waals surface area contributed by atoms with E-state index in [4.69, 9.17) is 11.5 Å². The molecule has 8 heteroatoms. The van der Waals surface area contributed by atoms with Crippen molar-refractivity contribution in [3.05, 3.63) is 33.9 Å². The van der Waals surface area contributed by atoms with Crippen LogP contribution in [0.4, 0.5) is 11.4 Å². The van der Waals surface area contributed by atoms with Crippen molar-refractivity contribution >= 4 is 34.6 Å². The summed E-state index contributed by atoms with van der Waals surface area (Å²) in [7, 11) is 0. The summed E-state index contributed by atoms with van der Waals surface area (Å²) in [4.78, 5) is 21.1. The van der Waals surface area contributed by atoms with Gasteiger partial charge in [0.1, 0.15) is 5.69 Å². The van der Waals surface area contributed by atoms with Gasteiger partial charge in [-0.25, -0.2) is 0 Å². The second kappa shape index (κ2) is 4.53. The fourth-order valence-electron chi connectivity index (χ4n) is 1.15. The van der Waals surface area contributed by atoms with Gasteiger partial charge >= 0.3 is 0 Å². The van der Waals surface area contributed by atoms with E-state index in [1.807, 2.05) is 0 Å². The number of para-hydroxylation sites is 1. The van der Waals surface area contributed by atoms with Crippen LogP contribution < -0.4 is 16.8 Å². The molecule has 0 fully saturated rings. The summed E-state index contributed by atoms with van der Waals surface area (Å²) in [5, 5.41) is 12.9. The van der Waals surface area contributed by atoms with Crippen LogP contribution in [-0.4, -0.2) is 15.9 Å². The average molecular weight is 240 g/mol. The molecule has 1 rings (SSSR count). The maximum Gasteiger partial charge on any atom is 0.293 e. The molecule has 1 amide bonds. The lowest BCUT2D eigenvalue weighted by molar-refractivity contribution is -0.383. The molecule has 0 bridgehead atoms. The fraction of sp³-hybridized carbons (Fsp3) is 0. The van der Waals surface area contributed by atoms with Gasteiger partial charge in [0.2, 0.25) is 0 Å². The first-order valence-electron chi connectivity index (χ1n) is 4.07. The van der Waals surface area contributed by atoms with Crippen LogP contribution >= 0.6 is 12.2 Å². The van der Waals surface area contributed by atoms with Crippen molar-refractivity contribution in [3.8, 4) is 0 Å². The lowest BCUT2D eigenvalue weighted by Gasteiger charge is -2.08. The minimum Gasteiger partial charge on any atom is -0.376 e. The van der Waals surface area contributed by atoms with Crippen LogP contribution in [0.2, 0.25) is 0 Å². The zero-order chi connectivity index (χ0) is 12.3. The van der Waals surface area contributed by atoms with Gasteiger partial charge in [-0.3, -0.25) is 14.9 Å². The summed E-state index contributed by atoms with van der Waals surface area (Å²) in [6, 6.07) is 3.91. The van der Waals surface area contributed by atoms with E-state index >= 15 is 0 Å². The molecule has 0 aliphatic rings. The van der Waals surface area contributed by atoms with Gasteiger partial charge in [0, 0.05) is 6.07 Å². The Morgan fingerprint density at radius 3 is 2.50 bits per heavy atom. The molecule has 5 N–H and O–H groups in total. The van der Waals surface area contributed by atoms with Crippen molar-refractivity contribution in [2.75, 3.05) is 5.32 Å². The maximum atomic E-state index is 11.1. The summed E-state index contributed by atoms with van der Waals surface area (Å²) >= 11 is 4.56. The van der Waals surface area contributed by atoms with Gasteiger partial charge in [0.15, 0.2) is 5.11 Å². The highest BCUT2D eigenvalue weighted by molar-refractivity contribution is 7.80. The minimum atomic E-state index is -0.803. The Morgan fingerprint density at radius 2 is 2.06 bits per heavy atom. The standard InChI is InChI=1S/C8H8N4O3S/c9-7(13)4-2-1-3-5(12(14)15)6(4)11-8(10)16/h1-3H,(H2,9,13)(H3,10,11,16). The number of nitro groups is 1. The van der Waals surface area contributed by atoms with Gasteiger partial charge in [-0.2, -0.15) is 0 Å². The fourth-order valence-corrected chi connectivity index (χ4v) is 1.25. The largest absolute Gasteiger partial charge is 0.376 e. The van der Waals surface area contributed by atoms with Gasteiger partial charge in [0.05, 0.1) is 10.5 Å². The van der Waals surface area contributed by atoms with Crippen molar-refractivity contribution < 1.29 is 9.72 Å². The summed E-state index contributed by atoms with van der Waals surface area (Å²) in [5.41, 5.74) is 9.84. The third kappa shape index (κ3) is 2.42. The van der Waals surface area contributed by atoms with E-state index in [0.717, 1.165) is 0 Å². The topological polar surface area (TPSA) is 124 Å². The second-order valence-corrected chi connectivity index (χ2v) is 3.25. The van der Waals surface area contributed by atoms with Crippen LogP contribution in [0.3, 0.4) is 0 Å². The molecule has 0 aromatic heterocycles. The number of hydrogen-bond donors (Lipinski definition) is 3. The summed E-state index contributed by atoms with van der Waals surface area (Å²) in [6.45, 7) is 0.